The summed E-state index contributed by atoms with van der Waals surface area (Å²) in [5, 5.41) is 4.89. The van der Waals surface area contributed by atoms with E-state index in [1.165, 1.54) is 0 Å². The van der Waals surface area contributed by atoms with Crippen LogP contribution in [0.2, 0.25) is 0 Å². The molecule has 0 spiro atoms. The molecule has 0 saturated heterocycles. The largest absolute Gasteiger partial charge is 0.352 e. The number of carbonyl (C=O) groups excluding carboxylic acids is 3. The average molecular weight is 472 g/mol. The predicted octanol–water partition coefficient (Wildman–Crippen LogP) is 4.56. The van der Waals surface area contributed by atoms with Gasteiger partial charge in [-0.1, -0.05) is 68.4 Å². The molecule has 35 heavy (non-hydrogen) atoms. The Balaban J connectivity index is 1.60. The number of amides is 3. The molecule has 0 fully saturated rings. The highest BCUT2D eigenvalue weighted by molar-refractivity contribution is 6.26. The molecule has 6 nitrogen and oxygen atoms in total. The summed E-state index contributed by atoms with van der Waals surface area (Å²) in [6.07, 6.45) is 1.93. The lowest BCUT2D eigenvalue weighted by Crippen LogP contribution is -2.54. The van der Waals surface area contributed by atoms with Crippen molar-refractivity contribution in [2.75, 3.05) is 18.0 Å². The molecule has 6 heteroatoms. The summed E-state index contributed by atoms with van der Waals surface area (Å²) in [6.45, 7) is 6.19. The Bertz CT molecular complexity index is 1220. The fraction of sp³-hybridized carbons (Fsp3) is 0.345. The summed E-state index contributed by atoms with van der Waals surface area (Å²) < 4.78 is 0. The molecule has 0 aromatic heterocycles. The first-order chi connectivity index (χ1) is 16.9. The maximum Gasteiger partial charge on any atom is 0.259 e. The van der Waals surface area contributed by atoms with Crippen molar-refractivity contribution in [3.05, 3.63) is 77.9 Å². The lowest BCUT2D eigenvalue weighted by atomic mass is 10.1. The Morgan fingerprint density at radius 2 is 1.66 bits per heavy atom. The zero-order valence-corrected chi connectivity index (χ0v) is 20.7. The zero-order valence-electron chi connectivity index (χ0n) is 20.7. The van der Waals surface area contributed by atoms with E-state index in [9.17, 15) is 14.4 Å². The first kappa shape index (κ1) is 24.5. The van der Waals surface area contributed by atoms with Gasteiger partial charge >= 0.3 is 0 Å². The number of anilines is 1. The molecule has 2 unspecified atom stereocenters. The first-order valence-electron chi connectivity index (χ1n) is 12.4. The van der Waals surface area contributed by atoms with Crippen molar-refractivity contribution in [2.24, 2.45) is 0 Å². The monoisotopic (exact) mass is 471 g/mol. The van der Waals surface area contributed by atoms with Gasteiger partial charge in [0.1, 0.15) is 12.6 Å². The molecular weight excluding hydrogens is 438 g/mol. The second-order valence-corrected chi connectivity index (χ2v) is 9.14. The third-order valence-electron chi connectivity index (χ3n) is 6.81. The van der Waals surface area contributed by atoms with Crippen LogP contribution in [0, 0.1) is 0 Å². The maximum atomic E-state index is 13.7. The van der Waals surface area contributed by atoms with Gasteiger partial charge in [0.05, 0.1) is 5.69 Å². The molecule has 2 atom stereocenters. The highest BCUT2D eigenvalue weighted by Crippen LogP contribution is 2.37. The van der Waals surface area contributed by atoms with Gasteiger partial charge in [-0.3, -0.25) is 19.3 Å². The van der Waals surface area contributed by atoms with Crippen LogP contribution in [0.1, 0.15) is 49.5 Å². The number of rotatable bonds is 10. The average Bonchev–Trinajstić information content (AvgIpc) is 3.14. The minimum absolute atomic E-state index is 0.0230. The van der Waals surface area contributed by atoms with E-state index >= 15 is 0 Å². The number of nitrogens with one attached hydrogen (secondary N) is 1. The van der Waals surface area contributed by atoms with Crippen LogP contribution in [0.5, 0.6) is 0 Å². The second kappa shape index (κ2) is 10.7. The minimum atomic E-state index is -0.601. The van der Waals surface area contributed by atoms with Crippen LogP contribution in [-0.2, 0) is 16.0 Å². The number of nitrogens with zero attached hydrogens (tertiary/aromatic N) is 2. The number of hydrogen-bond acceptors (Lipinski definition) is 3. The Hall–Kier alpha value is -3.67. The van der Waals surface area contributed by atoms with Crippen LogP contribution in [0.3, 0.4) is 0 Å². The Morgan fingerprint density at radius 3 is 2.34 bits per heavy atom. The van der Waals surface area contributed by atoms with Crippen molar-refractivity contribution < 1.29 is 14.4 Å². The molecular formula is C29H33N3O3. The Kier molecular flexibility index (Phi) is 7.49. The van der Waals surface area contributed by atoms with Gasteiger partial charge in [0.25, 0.3) is 5.91 Å². The second-order valence-electron chi connectivity index (χ2n) is 9.14. The van der Waals surface area contributed by atoms with E-state index in [2.05, 4.69) is 5.32 Å². The molecule has 1 aliphatic rings. The van der Waals surface area contributed by atoms with Gasteiger partial charge < -0.3 is 10.2 Å². The van der Waals surface area contributed by atoms with Gasteiger partial charge in [0.2, 0.25) is 11.8 Å². The summed E-state index contributed by atoms with van der Waals surface area (Å²) in [5.41, 5.74) is 2.46. The first-order valence-corrected chi connectivity index (χ1v) is 12.4. The van der Waals surface area contributed by atoms with Gasteiger partial charge in [-0.25, -0.2) is 0 Å². The molecule has 4 rings (SSSR count). The van der Waals surface area contributed by atoms with Crippen molar-refractivity contribution in [2.45, 2.75) is 52.1 Å². The molecule has 3 aromatic rings. The predicted molar refractivity (Wildman–Crippen MR) is 139 cm³/mol. The molecule has 0 saturated carbocycles. The standard InChI is InChI=1S/C29H33N3O3/c1-4-20(3)30-28(34)24(5-2)31(18-17-21-11-7-6-8-12-21)26(33)19-32-25-16-10-14-22-13-9-15-23(27(22)25)29(32)35/h6-16,20,24H,4-5,17-19H2,1-3H3,(H,30,34). The summed E-state index contributed by atoms with van der Waals surface area (Å²) in [7, 11) is 0. The van der Waals surface area contributed by atoms with E-state index in [1.807, 2.05) is 81.4 Å². The molecule has 182 valence electrons. The van der Waals surface area contributed by atoms with E-state index in [1.54, 1.807) is 15.9 Å². The van der Waals surface area contributed by atoms with Crippen LogP contribution in [-0.4, -0.2) is 47.8 Å². The van der Waals surface area contributed by atoms with E-state index < -0.39 is 6.04 Å². The van der Waals surface area contributed by atoms with Crippen LogP contribution in [0.4, 0.5) is 5.69 Å². The number of hydrogen-bond donors (Lipinski definition) is 1. The molecule has 1 N–H and O–H groups in total. The third kappa shape index (κ3) is 5.06. The molecule has 3 amide bonds. The van der Waals surface area contributed by atoms with Crippen molar-refractivity contribution in [1.29, 1.82) is 0 Å². The van der Waals surface area contributed by atoms with Gasteiger partial charge in [-0.15, -0.1) is 0 Å². The molecule has 0 bridgehead atoms. The Labute approximate surface area is 206 Å². The van der Waals surface area contributed by atoms with E-state index in [0.29, 0.717) is 24.9 Å². The fourth-order valence-corrected chi connectivity index (χ4v) is 4.70. The molecule has 1 heterocycles. The highest BCUT2D eigenvalue weighted by atomic mass is 16.2. The maximum absolute atomic E-state index is 13.7. The van der Waals surface area contributed by atoms with E-state index in [0.717, 1.165) is 28.4 Å². The summed E-state index contributed by atoms with van der Waals surface area (Å²) in [6, 6.07) is 20.7. The Morgan fingerprint density at radius 1 is 0.943 bits per heavy atom. The summed E-state index contributed by atoms with van der Waals surface area (Å²) >= 11 is 0. The molecule has 3 aromatic carbocycles. The van der Waals surface area contributed by atoms with Crippen molar-refractivity contribution in [3.8, 4) is 0 Å². The summed E-state index contributed by atoms with van der Waals surface area (Å²) in [4.78, 5) is 43.4. The van der Waals surface area contributed by atoms with Crippen molar-refractivity contribution in [3.63, 3.8) is 0 Å². The highest BCUT2D eigenvalue weighted by Gasteiger charge is 2.35. The van der Waals surface area contributed by atoms with Crippen LogP contribution in [0.15, 0.2) is 66.7 Å². The quantitative estimate of drug-likeness (QED) is 0.471. The summed E-state index contributed by atoms with van der Waals surface area (Å²) in [5.74, 6) is -0.558. The van der Waals surface area contributed by atoms with Crippen LogP contribution < -0.4 is 10.2 Å². The third-order valence-corrected chi connectivity index (χ3v) is 6.81. The van der Waals surface area contributed by atoms with Crippen LogP contribution >= 0.6 is 0 Å². The number of benzene rings is 3. The van der Waals surface area contributed by atoms with Crippen LogP contribution in [0.25, 0.3) is 10.8 Å². The topological polar surface area (TPSA) is 69.7 Å². The zero-order chi connectivity index (χ0) is 24.9. The molecule has 0 aliphatic carbocycles. The fourth-order valence-electron chi connectivity index (χ4n) is 4.70. The van der Waals surface area contributed by atoms with Crippen molar-refractivity contribution >= 4 is 34.2 Å². The lowest BCUT2D eigenvalue weighted by molar-refractivity contribution is -0.139. The SMILES string of the molecule is CCC(C)NC(=O)C(CC)N(CCc1ccccc1)C(=O)CN1C(=O)c2cccc3cccc1c23. The van der Waals surface area contributed by atoms with Gasteiger partial charge in [0.15, 0.2) is 0 Å². The van der Waals surface area contributed by atoms with Gasteiger partial charge in [-0.2, -0.15) is 0 Å². The van der Waals surface area contributed by atoms with Gasteiger partial charge in [-0.05, 0) is 49.3 Å². The van der Waals surface area contributed by atoms with Gasteiger partial charge in [0, 0.05) is 23.5 Å². The van der Waals surface area contributed by atoms with E-state index in [4.69, 9.17) is 0 Å². The minimum Gasteiger partial charge on any atom is -0.352 e. The van der Waals surface area contributed by atoms with Crippen molar-refractivity contribution in [1.82, 2.24) is 10.2 Å². The molecule has 1 aliphatic heterocycles. The number of carbonyl (C=O) groups is 3. The normalized spacial score (nSPS) is 14.1. The van der Waals surface area contributed by atoms with E-state index in [-0.39, 0.29) is 30.3 Å². The molecule has 0 radical (unpaired) electrons. The smallest absolute Gasteiger partial charge is 0.259 e. The lowest BCUT2D eigenvalue weighted by Gasteiger charge is -2.32.